The summed E-state index contributed by atoms with van der Waals surface area (Å²) in [4.78, 5) is 37.6. The third-order valence-electron chi connectivity index (χ3n) is 4.64. The van der Waals surface area contributed by atoms with E-state index in [0.29, 0.717) is 17.1 Å². The number of anilines is 2. The number of hydrogen-bond acceptors (Lipinski definition) is 4. The zero-order valence-electron chi connectivity index (χ0n) is 14.3. The number of benzene rings is 2. The zero-order valence-corrected chi connectivity index (χ0v) is 14.3. The fourth-order valence-electron chi connectivity index (χ4n) is 3.20. The first-order valence-corrected chi connectivity index (χ1v) is 8.47. The van der Waals surface area contributed by atoms with E-state index in [1.807, 2.05) is 24.3 Å². The van der Waals surface area contributed by atoms with E-state index < -0.39 is 11.8 Å². The number of carbonyl (C=O) groups excluding carboxylic acids is 3. The van der Waals surface area contributed by atoms with Crippen LogP contribution in [0.1, 0.15) is 16.8 Å². The van der Waals surface area contributed by atoms with Crippen LogP contribution in [0.2, 0.25) is 0 Å². The fourth-order valence-corrected chi connectivity index (χ4v) is 3.20. The lowest BCUT2D eigenvalue weighted by Gasteiger charge is -2.14. The van der Waals surface area contributed by atoms with Crippen LogP contribution in [0.15, 0.2) is 48.5 Å². The first-order valence-electron chi connectivity index (χ1n) is 8.47. The number of rotatable bonds is 4. The lowest BCUT2D eigenvalue weighted by molar-refractivity contribution is -0.122. The van der Waals surface area contributed by atoms with Gasteiger partial charge in [-0.3, -0.25) is 24.4 Å². The van der Waals surface area contributed by atoms with Gasteiger partial charge < -0.3 is 11.1 Å². The highest BCUT2D eigenvalue weighted by Crippen LogP contribution is 2.30. The summed E-state index contributed by atoms with van der Waals surface area (Å²) in [5.41, 5.74) is 6.94. The van der Waals surface area contributed by atoms with Gasteiger partial charge >= 0.3 is 0 Å². The second kappa shape index (κ2) is 6.56. The lowest BCUT2D eigenvalue weighted by atomic mass is 10.1. The van der Waals surface area contributed by atoms with E-state index in [-0.39, 0.29) is 24.8 Å². The topological polar surface area (TPSA) is 121 Å². The highest BCUT2D eigenvalue weighted by Gasteiger charge is 2.36. The van der Waals surface area contributed by atoms with Crippen molar-refractivity contribution in [1.82, 2.24) is 10.2 Å². The largest absolute Gasteiger partial charge is 0.366 e. The maximum Gasteiger partial charge on any atom is 0.248 e. The molecule has 8 heteroatoms. The van der Waals surface area contributed by atoms with Crippen LogP contribution in [-0.4, -0.2) is 34.5 Å². The Bertz CT molecular complexity index is 1040. The highest BCUT2D eigenvalue weighted by molar-refractivity contribution is 6.07. The van der Waals surface area contributed by atoms with Gasteiger partial charge in [0.25, 0.3) is 0 Å². The molecule has 2 heterocycles. The van der Waals surface area contributed by atoms with Crippen LogP contribution in [0, 0.1) is 5.92 Å². The Morgan fingerprint density at radius 1 is 1.15 bits per heavy atom. The molecule has 0 saturated carbocycles. The van der Waals surface area contributed by atoms with Gasteiger partial charge in [-0.05, 0) is 36.4 Å². The van der Waals surface area contributed by atoms with E-state index in [0.717, 1.165) is 10.9 Å². The summed E-state index contributed by atoms with van der Waals surface area (Å²) in [7, 11) is 0. The minimum absolute atomic E-state index is 0.117. The molecule has 3 aromatic rings. The highest BCUT2D eigenvalue weighted by atomic mass is 16.2. The molecular formula is C19H17N5O3. The molecule has 0 spiro atoms. The summed E-state index contributed by atoms with van der Waals surface area (Å²) in [6.45, 7) is 0.263. The predicted octanol–water partition coefficient (Wildman–Crippen LogP) is 1.65. The second-order valence-corrected chi connectivity index (χ2v) is 6.43. The van der Waals surface area contributed by atoms with Gasteiger partial charge in [0.15, 0.2) is 5.82 Å². The molecule has 27 heavy (non-hydrogen) atoms. The number of para-hydroxylation sites is 1. The number of primary amides is 1. The van der Waals surface area contributed by atoms with Crippen LogP contribution in [0.4, 0.5) is 11.5 Å². The maximum absolute atomic E-state index is 12.5. The standard InChI is InChI=1S/C19H17N5O3/c20-17(26)11-5-7-13(8-6-11)21-19(27)12-9-16(25)24(10-12)18-14-3-1-2-4-15(14)22-23-18/h1-8,12H,9-10H2,(H2,20,26)(H,21,27)(H,22,23)/t12-/m0/s1. The molecule has 0 bridgehead atoms. The number of nitrogens with one attached hydrogen (secondary N) is 2. The summed E-state index contributed by atoms with van der Waals surface area (Å²) < 4.78 is 0. The van der Waals surface area contributed by atoms with E-state index in [1.54, 1.807) is 29.2 Å². The quantitative estimate of drug-likeness (QED) is 0.652. The van der Waals surface area contributed by atoms with Gasteiger partial charge in [-0.25, -0.2) is 0 Å². The van der Waals surface area contributed by atoms with Gasteiger partial charge in [0.2, 0.25) is 17.7 Å². The third-order valence-corrected chi connectivity index (χ3v) is 4.64. The Hall–Kier alpha value is -3.68. The summed E-state index contributed by atoms with van der Waals surface area (Å²) in [5, 5.41) is 10.8. The maximum atomic E-state index is 12.5. The van der Waals surface area contributed by atoms with Gasteiger partial charge in [0.05, 0.1) is 11.4 Å². The molecular weight excluding hydrogens is 346 g/mol. The molecule has 4 N–H and O–H groups in total. The van der Waals surface area contributed by atoms with Crippen molar-refractivity contribution >= 4 is 40.1 Å². The van der Waals surface area contributed by atoms with Crippen molar-refractivity contribution in [2.45, 2.75) is 6.42 Å². The second-order valence-electron chi connectivity index (χ2n) is 6.43. The molecule has 3 amide bonds. The number of H-pyrrole nitrogens is 1. The molecule has 1 aromatic heterocycles. The van der Waals surface area contributed by atoms with E-state index in [2.05, 4.69) is 15.5 Å². The van der Waals surface area contributed by atoms with Crippen LogP contribution in [0.3, 0.4) is 0 Å². The summed E-state index contributed by atoms with van der Waals surface area (Å²) in [6.07, 6.45) is 0.117. The first-order chi connectivity index (χ1) is 13.0. The van der Waals surface area contributed by atoms with E-state index >= 15 is 0 Å². The summed E-state index contributed by atoms with van der Waals surface area (Å²) in [5.74, 6) is -0.870. The van der Waals surface area contributed by atoms with Crippen LogP contribution in [0.5, 0.6) is 0 Å². The monoisotopic (exact) mass is 363 g/mol. The van der Waals surface area contributed by atoms with Crippen molar-refractivity contribution in [3.05, 3.63) is 54.1 Å². The number of nitrogens with zero attached hydrogens (tertiary/aromatic N) is 2. The number of fused-ring (bicyclic) bond motifs is 1. The Morgan fingerprint density at radius 3 is 2.63 bits per heavy atom. The summed E-state index contributed by atoms with van der Waals surface area (Å²) >= 11 is 0. The van der Waals surface area contributed by atoms with E-state index in [4.69, 9.17) is 5.73 Å². The molecule has 1 aliphatic heterocycles. The molecule has 0 aliphatic carbocycles. The van der Waals surface area contributed by atoms with Gasteiger partial charge in [0.1, 0.15) is 0 Å². The number of aromatic amines is 1. The third kappa shape index (κ3) is 3.12. The predicted molar refractivity (Wildman–Crippen MR) is 100 cm³/mol. The van der Waals surface area contributed by atoms with Crippen molar-refractivity contribution in [3.63, 3.8) is 0 Å². The van der Waals surface area contributed by atoms with Crippen molar-refractivity contribution < 1.29 is 14.4 Å². The van der Waals surface area contributed by atoms with Gasteiger partial charge in [-0.2, -0.15) is 5.10 Å². The van der Waals surface area contributed by atoms with Gasteiger partial charge in [-0.1, -0.05) is 12.1 Å². The van der Waals surface area contributed by atoms with E-state index in [1.165, 1.54) is 0 Å². The van der Waals surface area contributed by atoms with Gasteiger partial charge in [0, 0.05) is 29.6 Å². The molecule has 8 nitrogen and oxygen atoms in total. The zero-order chi connectivity index (χ0) is 19.0. The number of amides is 3. The molecule has 136 valence electrons. The van der Waals surface area contributed by atoms with Crippen LogP contribution in [0.25, 0.3) is 10.9 Å². The number of hydrogen-bond donors (Lipinski definition) is 3. The Morgan fingerprint density at radius 2 is 1.89 bits per heavy atom. The summed E-state index contributed by atoms with van der Waals surface area (Å²) in [6, 6.07) is 13.8. The Balaban J connectivity index is 1.48. The van der Waals surface area contributed by atoms with E-state index in [9.17, 15) is 14.4 Å². The smallest absolute Gasteiger partial charge is 0.248 e. The van der Waals surface area contributed by atoms with Crippen molar-refractivity contribution in [1.29, 1.82) is 0 Å². The fraction of sp³-hybridized carbons (Fsp3) is 0.158. The number of nitrogens with two attached hydrogens (primary N) is 1. The molecule has 1 fully saturated rings. The Kier molecular flexibility index (Phi) is 4.08. The number of aromatic nitrogens is 2. The van der Waals surface area contributed by atoms with Crippen LogP contribution in [-0.2, 0) is 9.59 Å². The molecule has 1 aliphatic rings. The van der Waals surface area contributed by atoms with Crippen molar-refractivity contribution in [2.24, 2.45) is 11.7 Å². The molecule has 1 atom stereocenters. The first kappa shape index (κ1) is 16.8. The average Bonchev–Trinajstić information content (AvgIpc) is 3.25. The van der Waals surface area contributed by atoms with Crippen molar-refractivity contribution in [3.8, 4) is 0 Å². The van der Waals surface area contributed by atoms with Crippen molar-refractivity contribution in [2.75, 3.05) is 16.8 Å². The molecule has 1 saturated heterocycles. The average molecular weight is 363 g/mol. The normalized spacial score (nSPS) is 16.7. The minimum atomic E-state index is -0.531. The molecule has 0 unspecified atom stereocenters. The number of carbonyl (C=O) groups is 3. The molecule has 0 radical (unpaired) electrons. The lowest BCUT2D eigenvalue weighted by Crippen LogP contribution is -2.28. The SMILES string of the molecule is NC(=O)c1ccc(NC(=O)[C@H]2CC(=O)N(c3n[nH]c4ccccc34)C2)cc1. The molecule has 2 aromatic carbocycles. The van der Waals surface area contributed by atoms with Crippen LogP contribution >= 0.6 is 0 Å². The minimum Gasteiger partial charge on any atom is -0.366 e. The van der Waals surface area contributed by atoms with Crippen LogP contribution < -0.4 is 16.0 Å². The van der Waals surface area contributed by atoms with Gasteiger partial charge in [-0.15, -0.1) is 0 Å². The molecule has 4 rings (SSSR count). The Labute approximate surface area is 154 Å².